The third-order valence-electron chi connectivity index (χ3n) is 1.79. The van der Waals surface area contributed by atoms with Gasteiger partial charge in [0.15, 0.2) is 0 Å². The highest BCUT2D eigenvalue weighted by molar-refractivity contribution is 5.55. The van der Waals surface area contributed by atoms with Gasteiger partial charge in [0.25, 0.3) is 0 Å². The molecule has 2 rings (SSSR count). The summed E-state index contributed by atoms with van der Waals surface area (Å²) in [6.45, 7) is 0. The molecule has 0 aliphatic carbocycles. The zero-order valence-corrected chi connectivity index (χ0v) is 6.47. The van der Waals surface area contributed by atoms with Crippen molar-refractivity contribution in [2.75, 3.05) is 0 Å². The molecule has 0 saturated heterocycles. The molecule has 0 aliphatic rings. The van der Waals surface area contributed by atoms with Crippen molar-refractivity contribution in [2.24, 2.45) is 0 Å². The third kappa shape index (κ3) is 0.993. The quantitative estimate of drug-likeness (QED) is 0.616. The number of hydrogen-bond donors (Lipinski definition) is 0. The second-order valence-corrected chi connectivity index (χ2v) is 2.55. The second-order valence-electron chi connectivity index (χ2n) is 2.55. The minimum Gasteiger partial charge on any atom is -0.304 e. The Bertz CT molecular complexity index is 406. The Morgan fingerprint density at radius 3 is 3.25 bits per heavy atom. The largest absolute Gasteiger partial charge is 0.304 e. The molecule has 0 spiro atoms. The van der Waals surface area contributed by atoms with Crippen molar-refractivity contribution in [3.05, 3.63) is 36.3 Å². The molecule has 0 N–H and O–H groups in total. The molecular formula is C9H8N2O. The maximum Gasteiger partial charge on any atom is 0.136 e. The van der Waals surface area contributed by atoms with E-state index in [1.807, 2.05) is 28.8 Å². The van der Waals surface area contributed by atoms with Crippen molar-refractivity contribution in [3.63, 3.8) is 0 Å². The van der Waals surface area contributed by atoms with E-state index < -0.39 is 0 Å². The van der Waals surface area contributed by atoms with Crippen LogP contribution < -0.4 is 0 Å². The van der Waals surface area contributed by atoms with Gasteiger partial charge in [-0.25, -0.2) is 4.98 Å². The lowest BCUT2D eigenvalue weighted by Gasteiger charge is -1.94. The lowest BCUT2D eigenvalue weighted by molar-refractivity contribution is -0.107. The van der Waals surface area contributed by atoms with E-state index in [9.17, 15) is 4.79 Å². The van der Waals surface area contributed by atoms with Crippen molar-refractivity contribution < 1.29 is 4.79 Å². The molecule has 0 unspecified atom stereocenters. The van der Waals surface area contributed by atoms with Gasteiger partial charge in [0.1, 0.15) is 11.9 Å². The first kappa shape index (κ1) is 7.03. The van der Waals surface area contributed by atoms with Crippen LogP contribution in [0, 0.1) is 0 Å². The van der Waals surface area contributed by atoms with Crippen LogP contribution in [0.3, 0.4) is 0 Å². The standard InChI is InChI=1S/C9H8N2O/c12-6-4-8-7-10-9-3-1-2-5-11(8)9/h1-3,5-7H,4H2. The zero-order chi connectivity index (χ0) is 8.39. The van der Waals surface area contributed by atoms with Crippen LogP contribution in [0.25, 0.3) is 5.65 Å². The summed E-state index contributed by atoms with van der Waals surface area (Å²) in [5.74, 6) is 0. The maximum absolute atomic E-state index is 10.3. The fourth-order valence-corrected chi connectivity index (χ4v) is 1.22. The summed E-state index contributed by atoms with van der Waals surface area (Å²) < 4.78 is 1.91. The SMILES string of the molecule is O=CCc1cnc2ccccn12. The maximum atomic E-state index is 10.3. The molecule has 12 heavy (non-hydrogen) atoms. The minimum atomic E-state index is 0.422. The first-order valence-corrected chi connectivity index (χ1v) is 3.76. The Kier molecular flexibility index (Phi) is 1.63. The van der Waals surface area contributed by atoms with Crippen molar-refractivity contribution in [1.29, 1.82) is 0 Å². The van der Waals surface area contributed by atoms with Crippen LogP contribution in [0.15, 0.2) is 30.6 Å². The van der Waals surface area contributed by atoms with Crippen molar-refractivity contribution >= 4 is 11.9 Å². The smallest absolute Gasteiger partial charge is 0.136 e. The van der Waals surface area contributed by atoms with Crippen LogP contribution in [-0.2, 0) is 11.2 Å². The summed E-state index contributed by atoms with van der Waals surface area (Å²) in [4.78, 5) is 14.4. The number of pyridine rings is 1. The van der Waals surface area contributed by atoms with Crippen LogP contribution in [0.5, 0.6) is 0 Å². The van der Waals surface area contributed by atoms with E-state index in [4.69, 9.17) is 0 Å². The van der Waals surface area contributed by atoms with Gasteiger partial charge in [-0.15, -0.1) is 0 Å². The molecule has 3 nitrogen and oxygen atoms in total. The number of nitrogens with zero attached hydrogens (tertiary/aromatic N) is 2. The molecule has 2 aromatic rings. The van der Waals surface area contributed by atoms with Gasteiger partial charge in [-0.2, -0.15) is 0 Å². The average molecular weight is 160 g/mol. The van der Waals surface area contributed by atoms with Gasteiger partial charge in [-0.1, -0.05) is 6.07 Å². The molecule has 2 heterocycles. The van der Waals surface area contributed by atoms with E-state index in [1.54, 1.807) is 6.20 Å². The molecule has 0 bridgehead atoms. The van der Waals surface area contributed by atoms with Crippen LogP contribution >= 0.6 is 0 Å². The van der Waals surface area contributed by atoms with E-state index in [1.165, 1.54) is 0 Å². The number of aromatic nitrogens is 2. The fourth-order valence-electron chi connectivity index (χ4n) is 1.22. The Morgan fingerprint density at radius 2 is 2.42 bits per heavy atom. The molecule has 0 aromatic carbocycles. The highest BCUT2D eigenvalue weighted by Crippen LogP contribution is 2.05. The highest BCUT2D eigenvalue weighted by Gasteiger charge is 1.99. The monoisotopic (exact) mass is 160 g/mol. The summed E-state index contributed by atoms with van der Waals surface area (Å²) in [6, 6.07) is 5.75. The summed E-state index contributed by atoms with van der Waals surface area (Å²) in [7, 11) is 0. The Morgan fingerprint density at radius 1 is 1.50 bits per heavy atom. The molecule has 0 amide bonds. The molecule has 0 saturated carbocycles. The minimum absolute atomic E-state index is 0.422. The van der Waals surface area contributed by atoms with E-state index in [2.05, 4.69) is 4.98 Å². The van der Waals surface area contributed by atoms with Crippen molar-refractivity contribution in [2.45, 2.75) is 6.42 Å². The average Bonchev–Trinajstić information content (AvgIpc) is 2.50. The number of imidazole rings is 1. The highest BCUT2D eigenvalue weighted by atomic mass is 16.1. The number of carbonyl (C=O) groups is 1. The lowest BCUT2D eigenvalue weighted by atomic mass is 10.3. The van der Waals surface area contributed by atoms with E-state index in [-0.39, 0.29) is 0 Å². The van der Waals surface area contributed by atoms with Crippen LogP contribution in [0.4, 0.5) is 0 Å². The fraction of sp³-hybridized carbons (Fsp3) is 0.111. The lowest BCUT2D eigenvalue weighted by Crippen LogP contribution is -1.92. The summed E-state index contributed by atoms with van der Waals surface area (Å²) in [5.41, 5.74) is 1.81. The summed E-state index contributed by atoms with van der Waals surface area (Å²) in [5, 5.41) is 0. The summed E-state index contributed by atoms with van der Waals surface area (Å²) >= 11 is 0. The van der Waals surface area contributed by atoms with Gasteiger partial charge in [0, 0.05) is 24.5 Å². The summed E-state index contributed by atoms with van der Waals surface area (Å²) in [6.07, 6.45) is 4.94. The second kappa shape index (κ2) is 2.77. The molecule has 0 fully saturated rings. The molecule has 0 atom stereocenters. The third-order valence-corrected chi connectivity index (χ3v) is 1.79. The van der Waals surface area contributed by atoms with Gasteiger partial charge < -0.3 is 9.20 Å². The molecule has 60 valence electrons. The van der Waals surface area contributed by atoms with E-state index in [0.29, 0.717) is 6.42 Å². The topological polar surface area (TPSA) is 34.4 Å². The first-order chi connectivity index (χ1) is 5.92. The number of hydrogen-bond acceptors (Lipinski definition) is 2. The number of aldehydes is 1. The Balaban J connectivity index is 2.62. The first-order valence-electron chi connectivity index (χ1n) is 3.76. The van der Waals surface area contributed by atoms with Crippen LogP contribution in [0.2, 0.25) is 0 Å². The zero-order valence-electron chi connectivity index (χ0n) is 6.47. The van der Waals surface area contributed by atoms with Gasteiger partial charge in [-0.05, 0) is 12.1 Å². The van der Waals surface area contributed by atoms with Crippen LogP contribution in [0.1, 0.15) is 5.69 Å². The van der Waals surface area contributed by atoms with Gasteiger partial charge in [0.2, 0.25) is 0 Å². The van der Waals surface area contributed by atoms with Crippen LogP contribution in [-0.4, -0.2) is 15.7 Å². The molecule has 0 aliphatic heterocycles. The molecule has 2 aromatic heterocycles. The van der Waals surface area contributed by atoms with E-state index in [0.717, 1.165) is 17.6 Å². The number of rotatable bonds is 2. The molecule has 0 radical (unpaired) electrons. The normalized spacial score (nSPS) is 10.3. The van der Waals surface area contributed by atoms with Crippen molar-refractivity contribution in [1.82, 2.24) is 9.38 Å². The number of fused-ring (bicyclic) bond motifs is 1. The van der Waals surface area contributed by atoms with Gasteiger partial charge in [-0.3, -0.25) is 0 Å². The Hall–Kier alpha value is -1.64. The van der Waals surface area contributed by atoms with Gasteiger partial charge in [0.05, 0.1) is 0 Å². The number of carbonyl (C=O) groups excluding carboxylic acids is 1. The predicted molar refractivity (Wildman–Crippen MR) is 45.0 cm³/mol. The predicted octanol–water partition coefficient (Wildman–Crippen LogP) is 1.08. The molecular weight excluding hydrogens is 152 g/mol. The van der Waals surface area contributed by atoms with Gasteiger partial charge >= 0.3 is 0 Å². The Labute approximate surface area is 69.7 Å². The van der Waals surface area contributed by atoms with E-state index >= 15 is 0 Å². The molecule has 3 heteroatoms. The van der Waals surface area contributed by atoms with Crippen molar-refractivity contribution in [3.8, 4) is 0 Å².